The molecule has 2 N–H and O–H groups in total. The fourth-order valence-electron chi connectivity index (χ4n) is 2.17. The highest BCUT2D eigenvalue weighted by Crippen LogP contribution is 2.39. The van der Waals surface area contributed by atoms with Gasteiger partial charge in [0.2, 0.25) is 5.16 Å². The van der Waals surface area contributed by atoms with Crippen molar-refractivity contribution in [1.29, 1.82) is 0 Å². The first-order valence-electron chi connectivity index (χ1n) is 6.97. The molecule has 0 aliphatic heterocycles. The molecule has 0 saturated carbocycles. The molecule has 0 atom stereocenters. The molecule has 1 aromatic carbocycles. The van der Waals surface area contributed by atoms with Crippen molar-refractivity contribution in [3.8, 4) is 11.4 Å². The highest BCUT2D eigenvalue weighted by atomic mass is 32.2. The molecular formula is C14H10F3N5O3S. The Hall–Kier alpha value is -3.02. The van der Waals surface area contributed by atoms with Crippen molar-refractivity contribution in [3.63, 3.8) is 0 Å². The van der Waals surface area contributed by atoms with Crippen LogP contribution >= 0.6 is 11.8 Å². The van der Waals surface area contributed by atoms with E-state index in [1.165, 1.54) is 6.26 Å². The third kappa shape index (κ3) is 3.22. The first-order chi connectivity index (χ1) is 12.2. The second-order valence-corrected chi connectivity index (χ2v) is 6.12. The SMILES string of the molecule is Cc1occc1-c1nnc(Sc2ccc(C(F)(F)F)cc2[N+](=O)[O-])n1N. The minimum Gasteiger partial charge on any atom is -0.469 e. The summed E-state index contributed by atoms with van der Waals surface area (Å²) in [5, 5.41) is 19.0. The number of nitro groups is 1. The van der Waals surface area contributed by atoms with Crippen molar-refractivity contribution in [2.24, 2.45) is 0 Å². The van der Waals surface area contributed by atoms with Crippen molar-refractivity contribution in [2.45, 2.75) is 23.2 Å². The topological polar surface area (TPSA) is 113 Å². The summed E-state index contributed by atoms with van der Waals surface area (Å²) in [6.07, 6.45) is -3.25. The van der Waals surface area contributed by atoms with Crippen molar-refractivity contribution < 1.29 is 22.5 Å². The number of nitrogens with two attached hydrogens (primary N) is 1. The number of aryl methyl sites for hydroxylation is 1. The highest BCUT2D eigenvalue weighted by molar-refractivity contribution is 7.99. The highest BCUT2D eigenvalue weighted by Gasteiger charge is 2.33. The Morgan fingerprint density at radius 3 is 2.62 bits per heavy atom. The van der Waals surface area contributed by atoms with Crippen LogP contribution in [0.25, 0.3) is 11.4 Å². The van der Waals surface area contributed by atoms with Crippen LogP contribution in [0.5, 0.6) is 0 Å². The summed E-state index contributed by atoms with van der Waals surface area (Å²) in [6, 6.07) is 3.86. The Morgan fingerprint density at radius 1 is 1.31 bits per heavy atom. The zero-order chi connectivity index (χ0) is 19.1. The molecular weight excluding hydrogens is 375 g/mol. The van der Waals surface area contributed by atoms with Crippen molar-refractivity contribution in [2.75, 3.05) is 5.84 Å². The van der Waals surface area contributed by atoms with Gasteiger partial charge in [-0.2, -0.15) is 13.2 Å². The zero-order valence-corrected chi connectivity index (χ0v) is 13.8. The van der Waals surface area contributed by atoms with E-state index < -0.39 is 22.4 Å². The van der Waals surface area contributed by atoms with Gasteiger partial charge in [0.05, 0.1) is 27.2 Å². The zero-order valence-electron chi connectivity index (χ0n) is 13.0. The molecule has 2 heterocycles. The summed E-state index contributed by atoms with van der Waals surface area (Å²) in [7, 11) is 0. The average Bonchev–Trinajstić information content (AvgIpc) is 3.13. The predicted octanol–water partition coefficient (Wildman–Crippen LogP) is 3.64. The molecule has 136 valence electrons. The summed E-state index contributed by atoms with van der Waals surface area (Å²) in [6.45, 7) is 1.69. The van der Waals surface area contributed by atoms with Crippen LogP contribution in [0.3, 0.4) is 0 Å². The fourth-order valence-corrected chi connectivity index (χ4v) is 3.01. The second-order valence-electron chi connectivity index (χ2n) is 5.11. The second kappa shape index (κ2) is 6.37. The van der Waals surface area contributed by atoms with E-state index in [0.29, 0.717) is 17.4 Å². The normalized spacial score (nSPS) is 11.7. The third-order valence-corrected chi connectivity index (χ3v) is 4.47. The molecule has 8 nitrogen and oxygen atoms in total. The Labute approximate surface area is 147 Å². The van der Waals surface area contributed by atoms with Gasteiger partial charge in [-0.25, -0.2) is 4.68 Å². The summed E-state index contributed by atoms with van der Waals surface area (Å²) >= 11 is 0.737. The van der Waals surface area contributed by atoms with Crippen LogP contribution in [0, 0.1) is 17.0 Å². The number of benzene rings is 1. The van der Waals surface area contributed by atoms with Gasteiger partial charge in [0.15, 0.2) is 5.82 Å². The molecule has 3 aromatic rings. The molecule has 0 saturated heterocycles. The van der Waals surface area contributed by atoms with Crippen LogP contribution in [0.1, 0.15) is 11.3 Å². The van der Waals surface area contributed by atoms with Gasteiger partial charge in [-0.05, 0) is 36.9 Å². The number of nitro benzene ring substituents is 1. The number of alkyl halides is 3. The van der Waals surface area contributed by atoms with Crippen LogP contribution in [-0.4, -0.2) is 19.8 Å². The Bertz CT molecular complexity index is 983. The van der Waals surface area contributed by atoms with E-state index in [-0.39, 0.29) is 15.9 Å². The Morgan fingerprint density at radius 2 is 2.04 bits per heavy atom. The van der Waals surface area contributed by atoms with Crippen LogP contribution in [-0.2, 0) is 6.18 Å². The molecule has 0 spiro atoms. The maximum Gasteiger partial charge on any atom is 0.416 e. The smallest absolute Gasteiger partial charge is 0.416 e. The number of nitrogen functional groups attached to an aromatic ring is 1. The number of furan rings is 1. The number of halogens is 3. The van der Waals surface area contributed by atoms with Crippen molar-refractivity contribution in [3.05, 3.63) is 52.0 Å². The van der Waals surface area contributed by atoms with Crippen molar-refractivity contribution >= 4 is 17.4 Å². The number of aromatic nitrogens is 3. The molecule has 0 unspecified atom stereocenters. The fraction of sp³-hybridized carbons (Fsp3) is 0.143. The molecule has 0 fully saturated rings. The summed E-state index contributed by atoms with van der Waals surface area (Å²) in [5.74, 6) is 6.72. The standard InChI is InChI=1S/C14H10F3N5O3S/c1-7-9(4-5-25-7)12-19-20-13(21(12)18)26-11-3-2-8(14(15,16)17)6-10(11)22(23)24/h2-6H,18H2,1H3. The van der Waals surface area contributed by atoms with Gasteiger partial charge in [0.25, 0.3) is 5.69 Å². The van der Waals surface area contributed by atoms with Gasteiger partial charge in [-0.1, -0.05) is 0 Å². The van der Waals surface area contributed by atoms with Gasteiger partial charge in [-0.3, -0.25) is 10.1 Å². The van der Waals surface area contributed by atoms with Crippen LogP contribution in [0.2, 0.25) is 0 Å². The molecule has 3 rings (SSSR count). The van der Waals surface area contributed by atoms with E-state index in [1.807, 2.05) is 0 Å². The van der Waals surface area contributed by atoms with E-state index in [0.717, 1.165) is 28.6 Å². The first kappa shape index (κ1) is 17.8. The van der Waals surface area contributed by atoms with Crippen molar-refractivity contribution in [1.82, 2.24) is 14.9 Å². The van der Waals surface area contributed by atoms with E-state index in [1.54, 1.807) is 13.0 Å². The lowest BCUT2D eigenvalue weighted by molar-refractivity contribution is -0.388. The monoisotopic (exact) mass is 385 g/mol. The van der Waals surface area contributed by atoms with Crippen LogP contribution < -0.4 is 5.84 Å². The number of nitrogens with zero attached hydrogens (tertiary/aromatic N) is 4. The molecule has 0 amide bonds. The molecule has 0 radical (unpaired) electrons. The summed E-state index contributed by atoms with van der Waals surface area (Å²) in [4.78, 5) is 10.2. The largest absolute Gasteiger partial charge is 0.469 e. The van der Waals surface area contributed by atoms with Gasteiger partial charge in [-0.15, -0.1) is 10.2 Å². The first-order valence-corrected chi connectivity index (χ1v) is 7.78. The molecule has 12 heteroatoms. The quantitative estimate of drug-likeness (QED) is 0.414. The maximum absolute atomic E-state index is 12.8. The minimum atomic E-state index is -4.69. The van der Waals surface area contributed by atoms with E-state index in [2.05, 4.69) is 10.2 Å². The molecule has 2 aromatic heterocycles. The lowest BCUT2D eigenvalue weighted by Gasteiger charge is -2.08. The van der Waals surface area contributed by atoms with E-state index >= 15 is 0 Å². The number of hydrogen-bond acceptors (Lipinski definition) is 7. The van der Waals surface area contributed by atoms with E-state index in [9.17, 15) is 23.3 Å². The van der Waals surface area contributed by atoms with Gasteiger partial charge in [0, 0.05) is 6.07 Å². The maximum atomic E-state index is 12.8. The van der Waals surface area contributed by atoms with Crippen LogP contribution in [0.4, 0.5) is 18.9 Å². The lowest BCUT2D eigenvalue weighted by Crippen LogP contribution is -2.11. The third-order valence-electron chi connectivity index (χ3n) is 3.45. The van der Waals surface area contributed by atoms with E-state index in [4.69, 9.17) is 10.3 Å². The predicted molar refractivity (Wildman–Crippen MR) is 84.8 cm³/mol. The molecule has 0 aliphatic rings. The number of rotatable bonds is 4. The van der Waals surface area contributed by atoms with Gasteiger partial charge in [0.1, 0.15) is 5.76 Å². The van der Waals surface area contributed by atoms with Crippen LogP contribution in [0.15, 0.2) is 45.0 Å². The van der Waals surface area contributed by atoms with Gasteiger partial charge >= 0.3 is 6.18 Å². The summed E-state index contributed by atoms with van der Waals surface area (Å²) in [5.41, 5.74) is -1.24. The Balaban J connectivity index is 1.98. The Kier molecular flexibility index (Phi) is 4.36. The average molecular weight is 385 g/mol. The van der Waals surface area contributed by atoms with Gasteiger partial charge < -0.3 is 10.3 Å². The molecule has 0 aliphatic carbocycles. The molecule has 0 bridgehead atoms. The number of hydrogen-bond donors (Lipinski definition) is 1. The molecule has 26 heavy (non-hydrogen) atoms. The minimum absolute atomic E-state index is 0.0439. The summed E-state index contributed by atoms with van der Waals surface area (Å²) < 4.78 is 44.5. The lowest BCUT2D eigenvalue weighted by atomic mass is 10.2.